The number of aromatic nitrogens is 5. The summed E-state index contributed by atoms with van der Waals surface area (Å²) in [5.74, 6) is 0.0755. The molecular weight excluding hydrogens is 304 g/mol. The van der Waals surface area contributed by atoms with E-state index in [4.69, 9.17) is 0 Å². The molecule has 0 N–H and O–H groups in total. The molecule has 7 heteroatoms. The summed E-state index contributed by atoms with van der Waals surface area (Å²) in [6, 6.07) is 2.20. The Kier molecular flexibility index (Phi) is 3.05. The molecule has 126 valence electrons. The average Bonchev–Trinajstić information content (AvgIpc) is 2.91. The second-order valence-corrected chi connectivity index (χ2v) is 7.63. The summed E-state index contributed by atoms with van der Waals surface area (Å²) in [5, 5.41) is 12.5. The first kappa shape index (κ1) is 14.2. The Morgan fingerprint density at radius 1 is 1.33 bits per heavy atom. The van der Waals surface area contributed by atoms with Crippen LogP contribution in [0.15, 0.2) is 18.5 Å². The van der Waals surface area contributed by atoms with Gasteiger partial charge in [-0.05, 0) is 50.0 Å². The molecule has 1 aliphatic carbocycles. The van der Waals surface area contributed by atoms with Crippen molar-refractivity contribution in [1.29, 1.82) is 0 Å². The van der Waals surface area contributed by atoms with Crippen LogP contribution < -0.4 is 0 Å². The highest BCUT2D eigenvalue weighted by molar-refractivity contribution is 5.92. The molecule has 5 rings (SSSR count). The first-order valence-corrected chi connectivity index (χ1v) is 8.94. The van der Waals surface area contributed by atoms with E-state index in [2.05, 4.69) is 20.1 Å². The van der Waals surface area contributed by atoms with Crippen LogP contribution in [0.3, 0.4) is 0 Å². The number of likely N-dealkylation sites (tertiary alicyclic amines) is 1. The molecule has 1 amide bonds. The Balaban J connectivity index is 1.35. The van der Waals surface area contributed by atoms with Crippen molar-refractivity contribution in [2.24, 2.45) is 5.41 Å². The third kappa shape index (κ3) is 2.34. The molecule has 2 aromatic heterocycles. The number of rotatable bonds is 3. The van der Waals surface area contributed by atoms with Crippen LogP contribution in [0.25, 0.3) is 0 Å². The van der Waals surface area contributed by atoms with E-state index in [1.54, 1.807) is 6.20 Å². The lowest BCUT2D eigenvalue weighted by Crippen LogP contribution is -2.46. The van der Waals surface area contributed by atoms with E-state index in [-0.39, 0.29) is 11.9 Å². The molecule has 1 saturated heterocycles. The summed E-state index contributed by atoms with van der Waals surface area (Å²) in [6.07, 6.45) is 10.5. The zero-order valence-corrected chi connectivity index (χ0v) is 13.8. The molecule has 2 aromatic rings. The lowest BCUT2D eigenvalue weighted by molar-refractivity contribution is 0.0575. The van der Waals surface area contributed by atoms with Crippen molar-refractivity contribution in [2.75, 3.05) is 6.54 Å². The monoisotopic (exact) mass is 326 g/mol. The number of hydrogen-bond donors (Lipinski definition) is 0. The summed E-state index contributed by atoms with van der Waals surface area (Å²) in [5.41, 5.74) is 2.34. The van der Waals surface area contributed by atoms with E-state index in [9.17, 15) is 4.79 Å². The van der Waals surface area contributed by atoms with Crippen LogP contribution >= 0.6 is 0 Å². The van der Waals surface area contributed by atoms with Crippen molar-refractivity contribution < 1.29 is 4.79 Å². The molecule has 4 heterocycles. The number of fused-ring (bicyclic) bond motifs is 1. The van der Waals surface area contributed by atoms with Crippen molar-refractivity contribution >= 4 is 5.91 Å². The molecule has 2 fully saturated rings. The van der Waals surface area contributed by atoms with Crippen molar-refractivity contribution in [3.05, 3.63) is 29.8 Å². The number of carbonyl (C=O) groups excluding carboxylic acids is 1. The van der Waals surface area contributed by atoms with Gasteiger partial charge in [-0.25, -0.2) is 0 Å². The van der Waals surface area contributed by atoms with E-state index in [0.29, 0.717) is 17.7 Å². The molecule has 1 saturated carbocycles. The van der Waals surface area contributed by atoms with E-state index in [1.807, 2.05) is 21.8 Å². The van der Waals surface area contributed by atoms with Gasteiger partial charge < -0.3 is 4.90 Å². The summed E-state index contributed by atoms with van der Waals surface area (Å²) >= 11 is 0. The molecule has 1 atom stereocenters. The standard InChI is InChI=1S/C17H22N6O/c24-16(15-9-14-10-17(4-5-17)12-23(14)19-15)22-7-2-1-3-13(22)11-21-8-6-18-20-21/h6,8-9,13H,1-5,7,10-12H2. The number of hydrogen-bond acceptors (Lipinski definition) is 4. The average molecular weight is 326 g/mol. The zero-order valence-electron chi connectivity index (χ0n) is 13.8. The van der Waals surface area contributed by atoms with Crippen LogP contribution in [-0.4, -0.2) is 48.2 Å². The van der Waals surface area contributed by atoms with Gasteiger partial charge in [0.15, 0.2) is 5.69 Å². The lowest BCUT2D eigenvalue weighted by Gasteiger charge is -2.35. The topological polar surface area (TPSA) is 68.8 Å². The Morgan fingerprint density at radius 2 is 2.25 bits per heavy atom. The van der Waals surface area contributed by atoms with Crippen LogP contribution in [0.5, 0.6) is 0 Å². The van der Waals surface area contributed by atoms with Crippen molar-refractivity contribution in [3.8, 4) is 0 Å². The molecule has 0 bridgehead atoms. The zero-order chi connectivity index (χ0) is 16.1. The van der Waals surface area contributed by atoms with Gasteiger partial charge in [0.1, 0.15) is 0 Å². The maximum absolute atomic E-state index is 13.0. The van der Waals surface area contributed by atoms with Crippen LogP contribution in [0.4, 0.5) is 0 Å². The van der Waals surface area contributed by atoms with Gasteiger partial charge in [0.25, 0.3) is 5.91 Å². The molecule has 0 radical (unpaired) electrons. The number of carbonyl (C=O) groups is 1. The second-order valence-electron chi connectivity index (χ2n) is 7.63. The summed E-state index contributed by atoms with van der Waals surface area (Å²) in [7, 11) is 0. The van der Waals surface area contributed by atoms with Crippen LogP contribution in [0.2, 0.25) is 0 Å². The van der Waals surface area contributed by atoms with Crippen LogP contribution in [0, 0.1) is 5.41 Å². The van der Waals surface area contributed by atoms with Gasteiger partial charge in [-0.2, -0.15) is 5.10 Å². The highest BCUT2D eigenvalue weighted by atomic mass is 16.2. The maximum atomic E-state index is 13.0. The van der Waals surface area contributed by atoms with Gasteiger partial charge in [0, 0.05) is 25.0 Å². The maximum Gasteiger partial charge on any atom is 0.274 e. The summed E-state index contributed by atoms with van der Waals surface area (Å²) < 4.78 is 3.89. The van der Waals surface area contributed by atoms with Gasteiger partial charge in [-0.1, -0.05) is 5.21 Å². The van der Waals surface area contributed by atoms with Crippen molar-refractivity contribution in [3.63, 3.8) is 0 Å². The first-order chi connectivity index (χ1) is 11.7. The fraction of sp³-hybridized carbons (Fsp3) is 0.647. The molecule has 2 aliphatic heterocycles. The smallest absolute Gasteiger partial charge is 0.274 e. The van der Waals surface area contributed by atoms with Gasteiger partial charge in [0.2, 0.25) is 0 Å². The highest BCUT2D eigenvalue weighted by Gasteiger charge is 2.48. The highest BCUT2D eigenvalue weighted by Crippen LogP contribution is 2.53. The molecule has 1 unspecified atom stereocenters. The predicted octanol–water partition coefficient (Wildman–Crippen LogP) is 1.51. The van der Waals surface area contributed by atoms with Gasteiger partial charge in [0.05, 0.1) is 18.8 Å². The fourth-order valence-corrected chi connectivity index (χ4v) is 4.26. The Hall–Kier alpha value is -2.18. The molecule has 7 nitrogen and oxygen atoms in total. The molecule has 0 aromatic carbocycles. The summed E-state index contributed by atoms with van der Waals surface area (Å²) in [4.78, 5) is 15.0. The second kappa shape index (κ2) is 5.16. The lowest BCUT2D eigenvalue weighted by atomic mass is 10.0. The molecule has 24 heavy (non-hydrogen) atoms. The Morgan fingerprint density at radius 3 is 3.00 bits per heavy atom. The number of piperidine rings is 1. The van der Waals surface area contributed by atoms with Gasteiger partial charge >= 0.3 is 0 Å². The van der Waals surface area contributed by atoms with E-state index in [0.717, 1.165) is 38.8 Å². The van der Waals surface area contributed by atoms with E-state index >= 15 is 0 Å². The SMILES string of the molecule is O=C(c1cc2n(n1)CC1(CC1)C2)N1CCCCC1Cn1ccnn1. The van der Waals surface area contributed by atoms with Crippen LogP contribution in [-0.2, 0) is 19.5 Å². The number of nitrogens with zero attached hydrogens (tertiary/aromatic N) is 6. The van der Waals surface area contributed by atoms with Crippen LogP contribution in [0.1, 0.15) is 48.3 Å². The first-order valence-electron chi connectivity index (χ1n) is 8.94. The molecule has 1 spiro atoms. The Labute approximate surface area is 140 Å². The van der Waals surface area contributed by atoms with E-state index < -0.39 is 0 Å². The van der Waals surface area contributed by atoms with E-state index in [1.165, 1.54) is 18.5 Å². The van der Waals surface area contributed by atoms with Crippen molar-refractivity contribution in [2.45, 2.75) is 57.7 Å². The van der Waals surface area contributed by atoms with Crippen molar-refractivity contribution in [1.82, 2.24) is 29.7 Å². The summed E-state index contributed by atoms with van der Waals surface area (Å²) in [6.45, 7) is 2.52. The minimum Gasteiger partial charge on any atom is -0.332 e. The molecular formula is C17H22N6O. The molecule has 3 aliphatic rings. The normalized spacial score (nSPS) is 24.3. The number of amides is 1. The minimum atomic E-state index is 0.0755. The quantitative estimate of drug-likeness (QED) is 0.857. The third-order valence-electron chi connectivity index (χ3n) is 5.84. The Bertz CT molecular complexity index is 735. The largest absolute Gasteiger partial charge is 0.332 e. The predicted molar refractivity (Wildman–Crippen MR) is 86.3 cm³/mol. The minimum absolute atomic E-state index is 0.0755. The van der Waals surface area contributed by atoms with Gasteiger partial charge in [-0.3, -0.25) is 14.2 Å². The third-order valence-corrected chi connectivity index (χ3v) is 5.84. The van der Waals surface area contributed by atoms with Gasteiger partial charge in [-0.15, -0.1) is 5.10 Å². The fourth-order valence-electron chi connectivity index (χ4n) is 4.26.